The highest BCUT2D eigenvalue weighted by molar-refractivity contribution is 5.87. The number of methoxy groups -OCH3 is 1. The van der Waals surface area contributed by atoms with E-state index in [1.165, 1.54) is 7.11 Å². The second-order valence-electron chi connectivity index (χ2n) is 6.13. The lowest BCUT2D eigenvalue weighted by molar-refractivity contribution is -0.158. The molecular formula is C18H26N2O5. The van der Waals surface area contributed by atoms with E-state index in [9.17, 15) is 19.5 Å². The van der Waals surface area contributed by atoms with E-state index >= 15 is 0 Å². The Morgan fingerprint density at radius 2 is 1.92 bits per heavy atom. The monoisotopic (exact) mass is 351 g/mol. The van der Waals surface area contributed by atoms with Gasteiger partial charge >= 0.3 is 5.97 Å². The van der Waals surface area contributed by atoms with Gasteiger partial charge in [0, 0.05) is 13.5 Å². The Labute approximate surface area is 149 Å². The van der Waals surface area contributed by atoms with Crippen LogP contribution in [0.25, 0.3) is 0 Å². The van der Waals surface area contributed by atoms with E-state index < -0.39 is 30.4 Å². The first-order valence-electron chi connectivity index (χ1n) is 8.62. The van der Waals surface area contributed by atoms with Crippen LogP contribution in [0.2, 0.25) is 1.41 Å². The Kier molecular flexibility index (Phi) is 7.91. The lowest BCUT2D eigenvalue weighted by atomic mass is 10.0. The zero-order valence-electron chi connectivity index (χ0n) is 15.8. The SMILES string of the molecule is [2H]N(C(=O)CCc1ccccc1)N(C(=O)COC)[C@@H](CC(C)C)C(=O)O. The number of ether oxygens (including phenoxy) is 1. The van der Waals surface area contributed by atoms with Gasteiger partial charge in [-0.15, -0.1) is 0 Å². The van der Waals surface area contributed by atoms with Crippen molar-refractivity contribution in [3.63, 3.8) is 0 Å². The van der Waals surface area contributed by atoms with Gasteiger partial charge in [-0.05, 0) is 24.3 Å². The van der Waals surface area contributed by atoms with Crippen LogP contribution in [0.3, 0.4) is 0 Å². The van der Waals surface area contributed by atoms with Crippen LogP contribution in [0.5, 0.6) is 0 Å². The van der Waals surface area contributed by atoms with Gasteiger partial charge in [-0.3, -0.25) is 15.0 Å². The summed E-state index contributed by atoms with van der Waals surface area (Å²) in [5.41, 5.74) is 1.28. The number of amides is 2. The van der Waals surface area contributed by atoms with Crippen molar-refractivity contribution in [2.24, 2.45) is 5.92 Å². The third kappa shape index (κ3) is 7.34. The second-order valence-corrected chi connectivity index (χ2v) is 6.13. The first-order valence-corrected chi connectivity index (χ1v) is 8.17. The van der Waals surface area contributed by atoms with E-state index in [0.29, 0.717) is 16.8 Å². The molecule has 0 fully saturated rings. The average molecular weight is 351 g/mol. The van der Waals surface area contributed by atoms with Gasteiger partial charge in [-0.1, -0.05) is 44.2 Å². The number of benzene rings is 1. The van der Waals surface area contributed by atoms with Crippen LogP contribution < -0.4 is 5.42 Å². The highest BCUT2D eigenvalue weighted by atomic mass is 16.5. The van der Waals surface area contributed by atoms with Crippen molar-refractivity contribution in [2.75, 3.05) is 13.7 Å². The Morgan fingerprint density at radius 3 is 2.44 bits per heavy atom. The smallest absolute Gasteiger partial charge is 0.328 e. The summed E-state index contributed by atoms with van der Waals surface area (Å²) in [6.45, 7) is 3.20. The molecule has 0 bridgehead atoms. The van der Waals surface area contributed by atoms with Gasteiger partial charge in [0.2, 0.25) is 5.91 Å². The quantitative estimate of drug-likeness (QED) is 0.659. The summed E-state index contributed by atoms with van der Waals surface area (Å²) in [6, 6.07) is 7.95. The maximum absolute atomic E-state index is 12.4. The maximum atomic E-state index is 12.4. The molecule has 2 N–H and O–H groups in total. The summed E-state index contributed by atoms with van der Waals surface area (Å²) >= 11 is 0. The highest BCUT2D eigenvalue weighted by Crippen LogP contribution is 2.12. The summed E-state index contributed by atoms with van der Waals surface area (Å²) in [6.07, 6.45) is 0.494. The van der Waals surface area contributed by atoms with E-state index in [0.717, 1.165) is 5.56 Å². The van der Waals surface area contributed by atoms with Gasteiger partial charge in [0.05, 0.1) is 0 Å². The molecular weight excluding hydrogens is 324 g/mol. The number of hydrazine groups is 1. The molecule has 0 aliphatic carbocycles. The van der Waals surface area contributed by atoms with E-state index in [4.69, 9.17) is 6.15 Å². The van der Waals surface area contributed by atoms with Gasteiger partial charge in [0.15, 0.2) is 7.45 Å². The molecule has 0 saturated heterocycles. The third-order valence-corrected chi connectivity index (χ3v) is 3.49. The van der Waals surface area contributed by atoms with Gasteiger partial charge in [-0.2, -0.15) is 0 Å². The highest BCUT2D eigenvalue weighted by Gasteiger charge is 2.31. The fourth-order valence-corrected chi connectivity index (χ4v) is 2.31. The average Bonchev–Trinajstić information content (AvgIpc) is 2.59. The van der Waals surface area contributed by atoms with Crippen molar-refractivity contribution in [3.8, 4) is 0 Å². The van der Waals surface area contributed by atoms with E-state index in [1.807, 2.05) is 30.3 Å². The van der Waals surface area contributed by atoms with E-state index in [-0.39, 0.29) is 18.8 Å². The third-order valence-electron chi connectivity index (χ3n) is 3.49. The molecule has 0 spiro atoms. The summed E-state index contributed by atoms with van der Waals surface area (Å²) in [5.74, 6) is -2.71. The number of carboxylic acids is 1. The minimum atomic E-state index is -1.31. The largest absolute Gasteiger partial charge is 0.480 e. The van der Waals surface area contributed by atoms with Gasteiger partial charge in [0.1, 0.15) is 6.61 Å². The molecule has 0 heterocycles. The van der Waals surface area contributed by atoms with Crippen molar-refractivity contribution < 1.29 is 25.6 Å². The van der Waals surface area contributed by atoms with Crippen LogP contribution in [0.4, 0.5) is 0 Å². The Bertz CT molecular complexity index is 609. The van der Waals surface area contributed by atoms with Crippen LogP contribution >= 0.6 is 0 Å². The molecule has 0 aromatic heterocycles. The molecule has 0 radical (unpaired) electrons. The zero-order chi connectivity index (χ0) is 19.7. The summed E-state index contributed by atoms with van der Waals surface area (Å²) in [7, 11) is 1.29. The summed E-state index contributed by atoms with van der Waals surface area (Å²) in [4.78, 5) is 36.3. The molecule has 0 unspecified atom stereocenters. The zero-order valence-corrected chi connectivity index (χ0v) is 14.8. The number of aliphatic carboxylic acids is 1. The van der Waals surface area contributed by atoms with E-state index in [1.54, 1.807) is 13.8 Å². The molecule has 1 rings (SSSR count). The molecule has 25 heavy (non-hydrogen) atoms. The molecule has 7 nitrogen and oxygen atoms in total. The van der Waals surface area contributed by atoms with Crippen LogP contribution in [0.15, 0.2) is 30.3 Å². The van der Waals surface area contributed by atoms with Crippen LogP contribution in [0, 0.1) is 5.92 Å². The topological polar surface area (TPSA) is 95.9 Å². The van der Waals surface area contributed by atoms with Crippen molar-refractivity contribution in [3.05, 3.63) is 35.9 Å². The predicted octanol–water partition coefficient (Wildman–Crippen LogP) is 1.62. The molecule has 1 aromatic rings. The Balaban J connectivity index is 2.94. The number of carbonyl (C=O) groups is 3. The number of carbonyl (C=O) groups excluding carboxylic acids is 2. The number of hydrogen-bond acceptors (Lipinski definition) is 4. The first-order chi connectivity index (χ1) is 12.3. The van der Waals surface area contributed by atoms with Crippen LogP contribution in [-0.2, 0) is 25.5 Å². The molecule has 138 valence electrons. The fraction of sp³-hybridized carbons (Fsp3) is 0.500. The maximum Gasteiger partial charge on any atom is 0.328 e. The molecule has 7 heteroatoms. The summed E-state index contributed by atoms with van der Waals surface area (Å²) in [5, 5.41) is 10.2. The number of nitrogens with one attached hydrogen (secondary N) is 1. The number of aryl methyl sites for hydroxylation is 1. The van der Waals surface area contributed by atoms with Crippen molar-refractivity contribution in [2.45, 2.75) is 39.2 Å². The van der Waals surface area contributed by atoms with Gasteiger partial charge < -0.3 is 9.84 Å². The fourth-order valence-electron chi connectivity index (χ4n) is 2.31. The normalized spacial score (nSPS) is 12.4. The first kappa shape index (κ1) is 18.9. The van der Waals surface area contributed by atoms with E-state index in [2.05, 4.69) is 0 Å². The molecule has 2 amide bonds. The van der Waals surface area contributed by atoms with Gasteiger partial charge in [0.25, 0.3) is 5.91 Å². The van der Waals surface area contributed by atoms with Crippen molar-refractivity contribution >= 4 is 17.8 Å². The number of hydrogen-bond donors (Lipinski definition) is 2. The molecule has 0 saturated carbocycles. The van der Waals surface area contributed by atoms with Crippen molar-refractivity contribution in [1.82, 2.24) is 10.4 Å². The lowest BCUT2D eigenvalue weighted by Gasteiger charge is -2.30. The molecule has 0 aliphatic heterocycles. The lowest BCUT2D eigenvalue weighted by Crippen LogP contribution is -2.56. The molecule has 0 aliphatic rings. The minimum absolute atomic E-state index is 0.0156. The predicted molar refractivity (Wildman–Crippen MR) is 92.5 cm³/mol. The number of rotatable bonds is 9. The van der Waals surface area contributed by atoms with Crippen LogP contribution in [-0.4, -0.2) is 47.7 Å². The molecule has 1 atom stereocenters. The Hall–Kier alpha value is -2.41. The molecule has 1 aromatic carbocycles. The standard InChI is InChI=1S/C18H26N2O5/c1-13(2)11-15(18(23)24)20(17(22)12-25-3)19-16(21)10-9-14-7-5-4-6-8-14/h4-8,13,15H,9-12H2,1-3H3,(H,19,21)(H,23,24)/t15-/m0/s1/i/hD. The second kappa shape index (κ2) is 10.5. The number of nitrogens with zero attached hydrogens (tertiary/aromatic N) is 1. The van der Waals surface area contributed by atoms with Gasteiger partial charge in [-0.25, -0.2) is 9.80 Å². The summed E-state index contributed by atoms with van der Waals surface area (Å²) < 4.78 is 12.8. The van der Waals surface area contributed by atoms with Crippen molar-refractivity contribution in [1.29, 1.82) is 0 Å². The number of carboxylic acid groups (broad SMARTS) is 1. The minimum Gasteiger partial charge on any atom is -0.480 e. The van der Waals surface area contributed by atoms with Crippen LogP contribution in [0.1, 0.15) is 32.3 Å². The Morgan fingerprint density at radius 1 is 1.28 bits per heavy atom.